The van der Waals surface area contributed by atoms with Crippen molar-refractivity contribution in [2.45, 2.75) is 38.5 Å². The fourth-order valence-corrected chi connectivity index (χ4v) is 5.33. The van der Waals surface area contributed by atoms with Crippen LogP contribution in [0.4, 0.5) is 11.5 Å². The molecule has 5 aromatic rings. The molecule has 5 aromatic heterocycles. The largest absolute Gasteiger partial charge is 0.356 e. The zero-order valence-corrected chi connectivity index (χ0v) is 20.5. The number of aromatic nitrogens is 6. The molecule has 9 heteroatoms. The summed E-state index contributed by atoms with van der Waals surface area (Å²) >= 11 is 0. The van der Waals surface area contributed by atoms with Gasteiger partial charge in [-0.25, -0.2) is 9.97 Å². The van der Waals surface area contributed by atoms with Crippen LogP contribution in [0, 0.1) is 5.92 Å². The lowest BCUT2D eigenvalue weighted by atomic mass is 9.85. The minimum Gasteiger partial charge on any atom is -0.356 e. The minimum absolute atomic E-state index is 0.0722. The molecule has 2 fully saturated rings. The highest BCUT2D eigenvalue weighted by molar-refractivity contribution is 5.98. The van der Waals surface area contributed by atoms with E-state index in [-0.39, 0.29) is 11.8 Å². The Morgan fingerprint density at radius 1 is 1.00 bits per heavy atom. The number of hydrogen-bond acceptors (Lipinski definition) is 6. The Morgan fingerprint density at radius 2 is 1.89 bits per heavy atom. The van der Waals surface area contributed by atoms with E-state index in [1.54, 1.807) is 12.4 Å². The maximum atomic E-state index is 12.4. The monoisotopic (exact) mass is 492 g/mol. The fraction of sp³-hybridized carbons (Fsp3) is 0.321. The summed E-state index contributed by atoms with van der Waals surface area (Å²) in [5.41, 5.74) is 6.64. The van der Waals surface area contributed by atoms with Gasteiger partial charge in [0.1, 0.15) is 17.0 Å². The topological polar surface area (TPSA) is 115 Å². The average Bonchev–Trinajstić information content (AvgIpc) is 3.52. The van der Waals surface area contributed by atoms with Crippen LogP contribution in [-0.4, -0.2) is 49.1 Å². The lowest BCUT2D eigenvalue weighted by Gasteiger charge is -2.28. The molecule has 7 rings (SSSR count). The predicted octanol–water partition coefficient (Wildman–Crippen LogP) is 5.29. The third kappa shape index (κ3) is 4.00. The Bertz CT molecular complexity index is 1610. The molecular formula is C28H28N8O. The first-order chi connectivity index (χ1) is 18.2. The van der Waals surface area contributed by atoms with Crippen LogP contribution < -0.4 is 10.2 Å². The highest BCUT2D eigenvalue weighted by atomic mass is 16.1. The molecule has 0 unspecified atom stereocenters. The van der Waals surface area contributed by atoms with Crippen molar-refractivity contribution in [3.05, 3.63) is 48.9 Å². The SMILES string of the molecule is O=C(Nc1cncc(-c2ccc3[nH]nc(-c4cc5c(N6CCCCC6)nccc5[nH]4)c3n2)c1)C1CCC1. The van der Waals surface area contributed by atoms with E-state index < -0.39 is 0 Å². The van der Waals surface area contributed by atoms with E-state index in [1.165, 1.54) is 19.3 Å². The lowest BCUT2D eigenvalue weighted by molar-refractivity contribution is -0.122. The van der Waals surface area contributed by atoms with Gasteiger partial charge in [0, 0.05) is 42.4 Å². The molecule has 1 amide bonds. The Morgan fingerprint density at radius 3 is 2.73 bits per heavy atom. The first-order valence-corrected chi connectivity index (χ1v) is 13.1. The number of carbonyl (C=O) groups is 1. The number of fused-ring (bicyclic) bond motifs is 2. The van der Waals surface area contributed by atoms with Crippen molar-refractivity contribution in [3.8, 4) is 22.6 Å². The second kappa shape index (κ2) is 8.99. The average molecular weight is 493 g/mol. The number of H-pyrrole nitrogens is 2. The summed E-state index contributed by atoms with van der Waals surface area (Å²) in [7, 11) is 0. The Hall–Kier alpha value is -4.27. The normalized spacial score (nSPS) is 16.3. The van der Waals surface area contributed by atoms with Crippen LogP contribution in [0.5, 0.6) is 0 Å². The van der Waals surface area contributed by atoms with E-state index in [0.29, 0.717) is 5.69 Å². The molecule has 0 atom stereocenters. The number of amides is 1. The molecule has 1 saturated heterocycles. The van der Waals surface area contributed by atoms with Crippen LogP contribution >= 0.6 is 0 Å². The van der Waals surface area contributed by atoms with Crippen molar-refractivity contribution in [3.63, 3.8) is 0 Å². The predicted molar refractivity (Wildman–Crippen MR) is 144 cm³/mol. The molecule has 1 aliphatic heterocycles. The standard InChI is InChI=1S/C28H28N8O/c37-28(17-5-4-6-17)31-19-13-18(15-29-16-19)21-7-8-23-25(33-21)26(35-34-23)24-14-20-22(32-24)9-10-30-27(20)36-11-2-1-3-12-36/h7-10,13-17,32H,1-6,11-12H2,(H,31,37)(H,34,35). The Balaban J connectivity index is 1.23. The van der Waals surface area contributed by atoms with E-state index in [1.807, 2.05) is 30.5 Å². The molecule has 9 nitrogen and oxygen atoms in total. The Kier molecular flexibility index (Phi) is 5.34. The van der Waals surface area contributed by atoms with Crippen molar-refractivity contribution in [2.24, 2.45) is 5.92 Å². The van der Waals surface area contributed by atoms with Gasteiger partial charge in [-0.1, -0.05) is 6.42 Å². The second-order valence-corrected chi connectivity index (χ2v) is 10.1. The second-order valence-electron chi connectivity index (χ2n) is 10.1. The smallest absolute Gasteiger partial charge is 0.227 e. The number of piperidine rings is 1. The van der Waals surface area contributed by atoms with E-state index in [4.69, 9.17) is 9.97 Å². The molecular weight excluding hydrogens is 464 g/mol. The summed E-state index contributed by atoms with van der Waals surface area (Å²) in [4.78, 5) is 32.3. The van der Waals surface area contributed by atoms with Crippen LogP contribution in [-0.2, 0) is 4.79 Å². The zero-order chi connectivity index (χ0) is 24.8. The first kappa shape index (κ1) is 22.0. The number of nitrogens with one attached hydrogen (secondary N) is 3. The van der Waals surface area contributed by atoms with Crippen LogP contribution in [0.3, 0.4) is 0 Å². The zero-order valence-electron chi connectivity index (χ0n) is 20.5. The van der Waals surface area contributed by atoms with Gasteiger partial charge in [0.15, 0.2) is 0 Å². The molecule has 0 spiro atoms. The van der Waals surface area contributed by atoms with Crippen molar-refractivity contribution in [1.82, 2.24) is 30.1 Å². The minimum atomic E-state index is 0.0722. The van der Waals surface area contributed by atoms with E-state index in [0.717, 1.165) is 82.8 Å². The van der Waals surface area contributed by atoms with Gasteiger partial charge in [0.05, 0.1) is 34.3 Å². The molecule has 1 aliphatic carbocycles. The summed E-state index contributed by atoms with van der Waals surface area (Å²) in [5, 5.41) is 11.8. The first-order valence-electron chi connectivity index (χ1n) is 13.1. The van der Waals surface area contributed by atoms with E-state index in [2.05, 4.69) is 36.4 Å². The maximum absolute atomic E-state index is 12.4. The number of pyridine rings is 3. The van der Waals surface area contributed by atoms with Crippen molar-refractivity contribution < 1.29 is 4.79 Å². The van der Waals surface area contributed by atoms with Gasteiger partial charge in [-0.15, -0.1) is 0 Å². The van der Waals surface area contributed by atoms with Gasteiger partial charge in [-0.2, -0.15) is 5.10 Å². The summed E-state index contributed by atoms with van der Waals surface area (Å²) in [6.07, 6.45) is 12.1. The highest BCUT2D eigenvalue weighted by Gasteiger charge is 2.25. The third-order valence-corrected chi connectivity index (χ3v) is 7.62. The molecule has 1 saturated carbocycles. The molecule has 2 aliphatic rings. The number of nitrogens with zero attached hydrogens (tertiary/aromatic N) is 5. The van der Waals surface area contributed by atoms with Crippen molar-refractivity contribution in [2.75, 3.05) is 23.3 Å². The summed E-state index contributed by atoms with van der Waals surface area (Å²) in [6, 6.07) is 10.0. The molecule has 0 bridgehead atoms. The summed E-state index contributed by atoms with van der Waals surface area (Å²) in [5.74, 6) is 1.22. The van der Waals surface area contributed by atoms with Gasteiger partial charge in [-0.05, 0) is 62.4 Å². The number of rotatable bonds is 5. The van der Waals surface area contributed by atoms with Crippen LogP contribution in [0.25, 0.3) is 44.6 Å². The van der Waals surface area contributed by atoms with Gasteiger partial charge < -0.3 is 15.2 Å². The number of carbonyl (C=O) groups excluding carboxylic acids is 1. The summed E-state index contributed by atoms with van der Waals surface area (Å²) in [6.45, 7) is 2.08. The highest BCUT2D eigenvalue weighted by Crippen LogP contribution is 2.34. The van der Waals surface area contributed by atoms with Gasteiger partial charge in [0.25, 0.3) is 0 Å². The van der Waals surface area contributed by atoms with Crippen molar-refractivity contribution >= 4 is 39.3 Å². The van der Waals surface area contributed by atoms with Crippen molar-refractivity contribution in [1.29, 1.82) is 0 Å². The Labute approximate surface area is 213 Å². The quantitative estimate of drug-likeness (QED) is 0.307. The molecule has 0 radical (unpaired) electrons. The fourth-order valence-electron chi connectivity index (χ4n) is 5.33. The van der Waals surface area contributed by atoms with Gasteiger partial charge >= 0.3 is 0 Å². The molecule has 37 heavy (non-hydrogen) atoms. The molecule has 0 aromatic carbocycles. The number of hydrogen-bond donors (Lipinski definition) is 3. The molecule has 186 valence electrons. The van der Waals surface area contributed by atoms with Crippen LogP contribution in [0.15, 0.2) is 48.9 Å². The van der Waals surface area contributed by atoms with Gasteiger partial charge in [0.2, 0.25) is 5.91 Å². The third-order valence-electron chi connectivity index (χ3n) is 7.62. The van der Waals surface area contributed by atoms with E-state index >= 15 is 0 Å². The number of aromatic amines is 2. The number of anilines is 2. The van der Waals surface area contributed by atoms with E-state index in [9.17, 15) is 4.79 Å². The maximum Gasteiger partial charge on any atom is 0.227 e. The lowest BCUT2D eigenvalue weighted by Crippen LogP contribution is -2.30. The van der Waals surface area contributed by atoms with Crippen LogP contribution in [0.1, 0.15) is 38.5 Å². The molecule has 6 heterocycles. The molecule has 3 N–H and O–H groups in total. The van der Waals surface area contributed by atoms with Crippen LogP contribution in [0.2, 0.25) is 0 Å². The summed E-state index contributed by atoms with van der Waals surface area (Å²) < 4.78 is 0. The van der Waals surface area contributed by atoms with Gasteiger partial charge in [-0.3, -0.25) is 14.9 Å².